The van der Waals surface area contributed by atoms with Crippen LogP contribution in [0.3, 0.4) is 0 Å². The Morgan fingerprint density at radius 2 is 2.24 bits per heavy atom. The molecule has 1 saturated heterocycles. The molecule has 0 aliphatic carbocycles. The van der Waals surface area contributed by atoms with E-state index in [1.54, 1.807) is 11.3 Å². The van der Waals surface area contributed by atoms with Gasteiger partial charge in [-0.05, 0) is 48.9 Å². The van der Waals surface area contributed by atoms with Crippen molar-refractivity contribution >= 4 is 22.9 Å². The Morgan fingerprint density at radius 1 is 1.36 bits per heavy atom. The molecule has 2 heterocycles. The second-order valence-electron chi connectivity index (χ2n) is 6.86. The van der Waals surface area contributed by atoms with Gasteiger partial charge in [-0.15, -0.1) is 11.3 Å². The number of likely N-dealkylation sites (tertiary alicyclic amines) is 1. The van der Waals surface area contributed by atoms with Crippen LogP contribution in [0.2, 0.25) is 0 Å². The monoisotopic (exact) mass is 358 g/mol. The zero-order valence-corrected chi connectivity index (χ0v) is 15.5. The molecular formula is C20H26N2O2S. The van der Waals surface area contributed by atoms with Crippen LogP contribution in [0.15, 0.2) is 41.8 Å². The van der Waals surface area contributed by atoms with E-state index in [1.807, 2.05) is 35.2 Å². The Labute approximate surface area is 153 Å². The molecule has 1 atom stereocenters. The van der Waals surface area contributed by atoms with Gasteiger partial charge in [0.15, 0.2) is 0 Å². The third kappa shape index (κ3) is 4.22. The molecule has 1 aromatic carbocycles. The number of aliphatic hydroxyl groups is 1. The maximum absolute atomic E-state index is 12.9. The van der Waals surface area contributed by atoms with Crippen molar-refractivity contribution in [1.29, 1.82) is 0 Å². The van der Waals surface area contributed by atoms with Gasteiger partial charge >= 0.3 is 0 Å². The summed E-state index contributed by atoms with van der Waals surface area (Å²) < 4.78 is 0. The molecule has 134 valence electrons. The summed E-state index contributed by atoms with van der Waals surface area (Å²) in [7, 11) is 0. The van der Waals surface area contributed by atoms with Crippen molar-refractivity contribution in [2.75, 3.05) is 25.0 Å². The van der Waals surface area contributed by atoms with Gasteiger partial charge in [0, 0.05) is 41.2 Å². The first-order valence-corrected chi connectivity index (χ1v) is 9.80. The quantitative estimate of drug-likeness (QED) is 0.821. The number of rotatable bonds is 6. The SMILES string of the molecule is CC[C@@]1(CO)CCCN(C(=O)c2cccc(NCc3cccs3)c2)C1. The van der Waals surface area contributed by atoms with E-state index >= 15 is 0 Å². The zero-order valence-electron chi connectivity index (χ0n) is 14.7. The summed E-state index contributed by atoms with van der Waals surface area (Å²) in [4.78, 5) is 16.1. The fraction of sp³-hybridized carbons (Fsp3) is 0.450. The lowest BCUT2D eigenvalue weighted by molar-refractivity contribution is 0.0252. The van der Waals surface area contributed by atoms with E-state index in [4.69, 9.17) is 0 Å². The predicted octanol–water partition coefficient (Wildman–Crippen LogP) is 3.98. The van der Waals surface area contributed by atoms with E-state index < -0.39 is 0 Å². The first-order valence-electron chi connectivity index (χ1n) is 8.92. The topological polar surface area (TPSA) is 52.6 Å². The van der Waals surface area contributed by atoms with Crippen molar-refractivity contribution in [3.05, 3.63) is 52.2 Å². The van der Waals surface area contributed by atoms with Gasteiger partial charge in [-0.3, -0.25) is 4.79 Å². The van der Waals surface area contributed by atoms with Crippen molar-refractivity contribution in [1.82, 2.24) is 4.90 Å². The van der Waals surface area contributed by atoms with Crippen LogP contribution in [-0.2, 0) is 6.54 Å². The molecule has 1 fully saturated rings. The summed E-state index contributed by atoms with van der Waals surface area (Å²) in [6.07, 6.45) is 2.85. The fourth-order valence-electron chi connectivity index (χ4n) is 3.46. The number of hydrogen-bond acceptors (Lipinski definition) is 4. The number of thiophene rings is 1. The van der Waals surface area contributed by atoms with Gasteiger partial charge in [-0.25, -0.2) is 0 Å². The lowest BCUT2D eigenvalue weighted by Gasteiger charge is -2.41. The molecule has 5 heteroatoms. The highest BCUT2D eigenvalue weighted by Gasteiger charge is 2.35. The second-order valence-corrected chi connectivity index (χ2v) is 7.89. The van der Waals surface area contributed by atoms with Crippen LogP contribution in [-0.4, -0.2) is 35.6 Å². The third-order valence-electron chi connectivity index (χ3n) is 5.19. The van der Waals surface area contributed by atoms with Crippen molar-refractivity contribution in [2.24, 2.45) is 5.41 Å². The van der Waals surface area contributed by atoms with E-state index in [1.165, 1.54) is 4.88 Å². The number of anilines is 1. The molecule has 0 radical (unpaired) electrons. The molecule has 1 amide bonds. The lowest BCUT2D eigenvalue weighted by Crippen LogP contribution is -2.47. The summed E-state index contributed by atoms with van der Waals surface area (Å²) in [5, 5.41) is 15.2. The van der Waals surface area contributed by atoms with Gasteiger partial charge in [0.25, 0.3) is 5.91 Å². The van der Waals surface area contributed by atoms with Crippen LogP contribution in [0.25, 0.3) is 0 Å². The maximum Gasteiger partial charge on any atom is 0.253 e. The number of carbonyl (C=O) groups excluding carboxylic acids is 1. The van der Waals surface area contributed by atoms with Gasteiger partial charge in [0.1, 0.15) is 0 Å². The molecule has 3 rings (SSSR count). The smallest absolute Gasteiger partial charge is 0.253 e. The van der Waals surface area contributed by atoms with Crippen LogP contribution in [0.5, 0.6) is 0 Å². The van der Waals surface area contributed by atoms with E-state index in [0.717, 1.165) is 38.0 Å². The average Bonchev–Trinajstić information content (AvgIpc) is 3.19. The van der Waals surface area contributed by atoms with Crippen LogP contribution in [0.1, 0.15) is 41.4 Å². The Bertz CT molecular complexity index is 695. The van der Waals surface area contributed by atoms with E-state index in [0.29, 0.717) is 12.1 Å². The number of carbonyl (C=O) groups is 1. The number of benzene rings is 1. The lowest BCUT2D eigenvalue weighted by atomic mass is 9.78. The largest absolute Gasteiger partial charge is 0.396 e. The number of aliphatic hydroxyl groups excluding tert-OH is 1. The standard InChI is InChI=1S/C20H26N2O2S/c1-2-20(15-23)9-5-10-22(14-20)19(24)16-6-3-7-17(12-16)21-13-18-8-4-11-25-18/h3-4,6-8,11-12,21,23H,2,5,9-10,13-15H2,1H3/t20-/m1/s1. The van der Waals surface area contributed by atoms with Crippen molar-refractivity contribution in [3.63, 3.8) is 0 Å². The minimum absolute atomic E-state index is 0.0609. The molecule has 0 unspecified atom stereocenters. The maximum atomic E-state index is 12.9. The van der Waals surface area contributed by atoms with E-state index in [-0.39, 0.29) is 17.9 Å². The molecule has 1 aliphatic rings. The first-order chi connectivity index (χ1) is 12.2. The third-order valence-corrected chi connectivity index (χ3v) is 6.07. The van der Waals surface area contributed by atoms with Crippen LogP contribution >= 0.6 is 11.3 Å². The summed E-state index contributed by atoms with van der Waals surface area (Å²) in [6.45, 7) is 4.43. The average molecular weight is 359 g/mol. The van der Waals surface area contributed by atoms with Gasteiger partial charge in [0.05, 0.1) is 6.61 Å². The number of hydrogen-bond donors (Lipinski definition) is 2. The first kappa shape index (κ1) is 18.0. The van der Waals surface area contributed by atoms with Gasteiger partial charge in [0.2, 0.25) is 0 Å². The summed E-state index contributed by atoms with van der Waals surface area (Å²) in [6, 6.07) is 11.9. The molecule has 2 aromatic rings. The molecule has 25 heavy (non-hydrogen) atoms. The number of nitrogens with one attached hydrogen (secondary N) is 1. The van der Waals surface area contributed by atoms with E-state index in [2.05, 4.69) is 23.7 Å². The molecule has 2 N–H and O–H groups in total. The highest BCUT2D eigenvalue weighted by molar-refractivity contribution is 7.09. The van der Waals surface area contributed by atoms with Gasteiger partial charge in [-0.1, -0.05) is 19.1 Å². The molecule has 0 bridgehead atoms. The molecular weight excluding hydrogens is 332 g/mol. The normalized spacial score (nSPS) is 20.5. The molecule has 1 aromatic heterocycles. The Morgan fingerprint density at radius 3 is 2.96 bits per heavy atom. The predicted molar refractivity (Wildman–Crippen MR) is 103 cm³/mol. The van der Waals surface area contributed by atoms with Crippen LogP contribution in [0.4, 0.5) is 5.69 Å². The fourth-order valence-corrected chi connectivity index (χ4v) is 4.10. The van der Waals surface area contributed by atoms with Crippen LogP contribution < -0.4 is 5.32 Å². The summed E-state index contributed by atoms with van der Waals surface area (Å²) >= 11 is 1.72. The second kappa shape index (κ2) is 8.02. The molecule has 1 aliphatic heterocycles. The zero-order chi connectivity index (χ0) is 17.7. The number of amides is 1. The summed E-state index contributed by atoms with van der Waals surface area (Å²) in [5.74, 6) is 0.0609. The van der Waals surface area contributed by atoms with Gasteiger partial charge in [-0.2, -0.15) is 0 Å². The minimum atomic E-state index is -0.136. The van der Waals surface area contributed by atoms with Gasteiger partial charge < -0.3 is 15.3 Å². The highest BCUT2D eigenvalue weighted by atomic mass is 32.1. The molecule has 0 spiro atoms. The highest BCUT2D eigenvalue weighted by Crippen LogP contribution is 2.33. The van der Waals surface area contributed by atoms with Crippen molar-refractivity contribution < 1.29 is 9.90 Å². The Kier molecular flexibility index (Phi) is 5.76. The minimum Gasteiger partial charge on any atom is -0.396 e. The Balaban J connectivity index is 1.68. The molecule has 4 nitrogen and oxygen atoms in total. The van der Waals surface area contributed by atoms with E-state index in [9.17, 15) is 9.90 Å². The molecule has 0 saturated carbocycles. The number of piperidine rings is 1. The number of nitrogens with zero attached hydrogens (tertiary/aromatic N) is 1. The summed E-state index contributed by atoms with van der Waals surface area (Å²) in [5.41, 5.74) is 1.53. The Hall–Kier alpha value is -1.85. The van der Waals surface area contributed by atoms with Crippen molar-refractivity contribution in [2.45, 2.75) is 32.7 Å². The van der Waals surface area contributed by atoms with Crippen LogP contribution in [0, 0.1) is 5.41 Å². The van der Waals surface area contributed by atoms with Crippen molar-refractivity contribution in [3.8, 4) is 0 Å².